The standard InChI is InChI=1S/C31H30F2N6O5/c1-42-21-12-8-19(9-13-21)30(18-6-4-3-5-7-18,20-10-14-22(43-2)15-11-20)38-26-24-27(37-29(34)36-26)39(17-35-24)28-31(32,33)25(41)23(16-40)44-28/h3-15,17,23,25,28,40-41H,16H2,1-2H3,(H3,34,36,37,38)/t23-,25-,28-/m1/s1. The largest absolute Gasteiger partial charge is 0.497 e. The highest BCUT2D eigenvalue weighted by Gasteiger charge is 2.59. The Labute approximate surface area is 250 Å². The molecule has 3 heterocycles. The van der Waals surface area contributed by atoms with Crippen molar-refractivity contribution < 1.29 is 33.2 Å². The number of nitrogen functional groups attached to an aromatic ring is 1. The first-order chi connectivity index (χ1) is 21.2. The Morgan fingerprint density at radius 2 is 1.50 bits per heavy atom. The van der Waals surface area contributed by atoms with Crippen LogP contribution in [0.2, 0.25) is 0 Å². The first-order valence-corrected chi connectivity index (χ1v) is 13.7. The Kier molecular flexibility index (Phi) is 7.53. The van der Waals surface area contributed by atoms with Crippen LogP contribution in [-0.4, -0.2) is 68.7 Å². The lowest BCUT2D eigenvalue weighted by Crippen LogP contribution is -2.39. The molecule has 1 aliphatic rings. The summed E-state index contributed by atoms with van der Waals surface area (Å²) in [6.07, 6.45) is -4.61. The van der Waals surface area contributed by atoms with E-state index >= 15 is 8.78 Å². The predicted octanol–water partition coefficient (Wildman–Crippen LogP) is 3.72. The molecule has 0 unspecified atom stereocenters. The van der Waals surface area contributed by atoms with Gasteiger partial charge < -0.3 is 35.5 Å². The summed E-state index contributed by atoms with van der Waals surface area (Å²) in [6.45, 7) is -0.798. The van der Waals surface area contributed by atoms with Crippen molar-refractivity contribution >= 4 is 22.9 Å². The smallest absolute Gasteiger partial charge is 0.320 e. The molecule has 0 radical (unpaired) electrons. The average Bonchev–Trinajstić information content (AvgIpc) is 3.57. The lowest BCUT2D eigenvalue weighted by Gasteiger charge is -2.37. The molecule has 5 aromatic rings. The van der Waals surface area contributed by atoms with Crippen molar-refractivity contribution in [1.29, 1.82) is 0 Å². The first-order valence-electron chi connectivity index (χ1n) is 13.7. The number of fused-ring (bicyclic) bond motifs is 1. The number of hydrogen-bond acceptors (Lipinski definition) is 10. The number of rotatable bonds is 9. The number of methoxy groups -OCH3 is 2. The number of hydrogen-bond donors (Lipinski definition) is 4. The van der Waals surface area contributed by atoms with Gasteiger partial charge in [-0.2, -0.15) is 18.7 Å². The van der Waals surface area contributed by atoms with E-state index in [0.29, 0.717) is 11.5 Å². The Morgan fingerprint density at radius 1 is 0.932 bits per heavy atom. The summed E-state index contributed by atoms with van der Waals surface area (Å²) in [5.41, 5.74) is 7.51. The minimum absolute atomic E-state index is 0.0538. The molecule has 0 spiro atoms. The summed E-state index contributed by atoms with van der Waals surface area (Å²) in [6, 6.07) is 24.6. The molecule has 1 aliphatic heterocycles. The summed E-state index contributed by atoms with van der Waals surface area (Å²) in [5, 5.41) is 23.2. The van der Waals surface area contributed by atoms with Crippen LogP contribution in [0.3, 0.4) is 0 Å². The number of nitrogens with zero attached hydrogens (tertiary/aromatic N) is 4. The van der Waals surface area contributed by atoms with E-state index in [1.807, 2.05) is 78.9 Å². The summed E-state index contributed by atoms with van der Waals surface area (Å²) in [5.74, 6) is -2.51. The molecule has 2 aromatic heterocycles. The van der Waals surface area contributed by atoms with Crippen LogP contribution in [0.1, 0.15) is 22.9 Å². The number of benzene rings is 3. The number of halogens is 2. The number of aromatic nitrogens is 4. The van der Waals surface area contributed by atoms with E-state index in [1.54, 1.807) is 14.2 Å². The average molecular weight is 605 g/mol. The van der Waals surface area contributed by atoms with Crippen LogP contribution in [0, 0.1) is 0 Å². The van der Waals surface area contributed by atoms with Crippen LogP contribution in [0.5, 0.6) is 11.5 Å². The zero-order valence-corrected chi connectivity index (χ0v) is 23.8. The number of aliphatic hydroxyl groups excluding tert-OH is 2. The normalized spacial score (nSPS) is 19.6. The second kappa shape index (κ2) is 11.3. The highest BCUT2D eigenvalue weighted by Crippen LogP contribution is 2.45. The topological polar surface area (TPSA) is 150 Å². The Morgan fingerprint density at radius 3 is 2.02 bits per heavy atom. The molecule has 1 saturated heterocycles. The molecule has 1 fully saturated rings. The van der Waals surface area contributed by atoms with E-state index in [1.165, 1.54) is 0 Å². The maximum absolute atomic E-state index is 15.1. The van der Waals surface area contributed by atoms with E-state index in [2.05, 4.69) is 20.3 Å². The molecule has 5 N–H and O–H groups in total. The van der Waals surface area contributed by atoms with E-state index in [4.69, 9.17) is 19.9 Å². The van der Waals surface area contributed by atoms with Gasteiger partial charge in [-0.3, -0.25) is 4.57 Å². The molecule has 3 aromatic carbocycles. The number of ether oxygens (including phenoxy) is 3. The van der Waals surface area contributed by atoms with Gasteiger partial charge in [0.15, 0.2) is 23.1 Å². The zero-order valence-electron chi connectivity index (χ0n) is 23.8. The second-order valence-electron chi connectivity index (χ2n) is 10.3. The third-order valence-corrected chi connectivity index (χ3v) is 7.81. The molecule has 3 atom stereocenters. The van der Waals surface area contributed by atoms with E-state index in [0.717, 1.165) is 27.6 Å². The van der Waals surface area contributed by atoms with Crippen molar-refractivity contribution in [2.24, 2.45) is 0 Å². The molecular formula is C31H30F2N6O5. The molecular weight excluding hydrogens is 574 g/mol. The number of nitrogens with one attached hydrogen (secondary N) is 1. The van der Waals surface area contributed by atoms with Gasteiger partial charge in [-0.15, -0.1) is 0 Å². The Bertz CT molecular complexity index is 1700. The van der Waals surface area contributed by atoms with Crippen LogP contribution in [-0.2, 0) is 10.3 Å². The maximum Gasteiger partial charge on any atom is 0.320 e. The van der Waals surface area contributed by atoms with Gasteiger partial charge in [0.25, 0.3) is 0 Å². The summed E-state index contributed by atoms with van der Waals surface area (Å²) in [4.78, 5) is 13.1. The Balaban J connectivity index is 1.57. The SMILES string of the molecule is COc1ccc(C(Nc2nc(N)nc3c2ncn3[C@@H]2O[C@H](CO)[C@@H](O)C2(F)F)(c2ccccc2)c2ccc(OC)cc2)cc1. The van der Waals surface area contributed by atoms with E-state index < -0.39 is 36.5 Å². The summed E-state index contributed by atoms with van der Waals surface area (Å²) >= 11 is 0. The monoisotopic (exact) mass is 604 g/mol. The molecule has 13 heteroatoms. The lowest BCUT2D eigenvalue weighted by atomic mass is 9.77. The third kappa shape index (κ3) is 4.75. The van der Waals surface area contributed by atoms with Crippen LogP contribution in [0.15, 0.2) is 85.2 Å². The van der Waals surface area contributed by atoms with Gasteiger partial charge in [0.1, 0.15) is 23.1 Å². The Hall–Kier alpha value is -4.85. The fraction of sp³-hybridized carbons (Fsp3) is 0.258. The number of anilines is 2. The molecule has 0 saturated carbocycles. The highest BCUT2D eigenvalue weighted by molar-refractivity contribution is 5.85. The summed E-state index contributed by atoms with van der Waals surface area (Å²) < 4.78 is 47.5. The van der Waals surface area contributed by atoms with Crippen molar-refractivity contribution in [3.05, 3.63) is 102 Å². The van der Waals surface area contributed by atoms with Crippen molar-refractivity contribution in [3.63, 3.8) is 0 Å². The highest BCUT2D eigenvalue weighted by atomic mass is 19.3. The molecule has 0 aliphatic carbocycles. The van der Waals surface area contributed by atoms with Crippen molar-refractivity contribution in [1.82, 2.24) is 19.5 Å². The van der Waals surface area contributed by atoms with Gasteiger partial charge in [-0.1, -0.05) is 54.6 Å². The molecule has 0 amide bonds. The number of alkyl halides is 2. The minimum Gasteiger partial charge on any atom is -0.497 e. The second-order valence-corrected chi connectivity index (χ2v) is 10.3. The maximum atomic E-state index is 15.1. The minimum atomic E-state index is -3.76. The van der Waals surface area contributed by atoms with Gasteiger partial charge in [0.05, 0.1) is 27.2 Å². The van der Waals surface area contributed by atoms with Crippen LogP contribution in [0.25, 0.3) is 11.2 Å². The van der Waals surface area contributed by atoms with E-state index in [9.17, 15) is 10.2 Å². The van der Waals surface area contributed by atoms with Gasteiger partial charge in [0.2, 0.25) is 12.2 Å². The lowest BCUT2D eigenvalue weighted by molar-refractivity contribution is -0.138. The van der Waals surface area contributed by atoms with Gasteiger partial charge >= 0.3 is 5.92 Å². The van der Waals surface area contributed by atoms with E-state index in [-0.39, 0.29) is 22.9 Å². The zero-order chi connectivity index (χ0) is 31.1. The molecule has 6 rings (SSSR count). The van der Waals surface area contributed by atoms with Crippen LogP contribution < -0.4 is 20.5 Å². The predicted molar refractivity (Wildman–Crippen MR) is 158 cm³/mol. The molecule has 0 bridgehead atoms. The summed E-state index contributed by atoms with van der Waals surface area (Å²) in [7, 11) is 3.16. The van der Waals surface area contributed by atoms with Gasteiger partial charge in [-0.05, 0) is 41.0 Å². The van der Waals surface area contributed by atoms with Crippen LogP contribution >= 0.6 is 0 Å². The molecule has 228 valence electrons. The third-order valence-electron chi connectivity index (χ3n) is 7.81. The van der Waals surface area contributed by atoms with Crippen molar-refractivity contribution in [3.8, 4) is 11.5 Å². The van der Waals surface area contributed by atoms with Crippen LogP contribution in [0.4, 0.5) is 20.5 Å². The molecule has 11 nitrogen and oxygen atoms in total. The fourth-order valence-corrected chi connectivity index (χ4v) is 5.57. The molecule has 44 heavy (non-hydrogen) atoms. The fourth-order valence-electron chi connectivity index (χ4n) is 5.57. The van der Waals surface area contributed by atoms with Crippen molar-refractivity contribution in [2.45, 2.75) is 29.9 Å². The number of imidazole rings is 1. The quantitative estimate of drug-likeness (QED) is 0.183. The number of aliphatic hydroxyl groups is 2. The van der Waals surface area contributed by atoms with Crippen molar-refractivity contribution in [2.75, 3.05) is 31.9 Å². The number of nitrogens with two attached hydrogens (primary N) is 1. The first kappa shape index (κ1) is 29.2. The van der Waals surface area contributed by atoms with Gasteiger partial charge in [-0.25, -0.2) is 4.98 Å². The van der Waals surface area contributed by atoms with Gasteiger partial charge in [0, 0.05) is 0 Å².